The van der Waals surface area contributed by atoms with Gasteiger partial charge in [-0.2, -0.15) is 0 Å². The van der Waals surface area contributed by atoms with Gasteiger partial charge in [0.2, 0.25) is 0 Å². The molecule has 0 spiro atoms. The fraction of sp³-hybridized carbons (Fsp3) is 0.192. The third-order valence-corrected chi connectivity index (χ3v) is 5.76. The van der Waals surface area contributed by atoms with Crippen molar-refractivity contribution in [3.05, 3.63) is 94.2 Å². The molecule has 1 aliphatic rings. The van der Waals surface area contributed by atoms with Crippen LogP contribution in [0.3, 0.4) is 0 Å². The summed E-state index contributed by atoms with van der Waals surface area (Å²) in [6, 6.07) is 16.7. The summed E-state index contributed by atoms with van der Waals surface area (Å²) in [4.78, 5) is 31.7. The van der Waals surface area contributed by atoms with Crippen LogP contribution in [-0.2, 0) is 9.59 Å². The monoisotopic (exact) mass is 506 g/mol. The number of hydrogen-bond donors (Lipinski definition) is 1. The molecule has 1 amide bonds. The number of ketones is 1. The molecule has 1 aromatic heterocycles. The molecule has 4 rings (SSSR count). The van der Waals surface area contributed by atoms with Gasteiger partial charge in [0.15, 0.2) is 0 Å². The zero-order chi connectivity index (χ0) is 23.5. The molecule has 7 heteroatoms. The molecule has 33 heavy (non-hydrogen) atoms. The summed E-state index contributed by atoms with van der Waals surface area (Å²) in [5, 5.41) is 11.2. The minimum atomic E-state index is -0.792. The summed E-state index contributed by atoms with van der Waals surface area (Å²) in [6.45, 7) is 4.69. The van der Waals surface area contributed by atoms with Crippen molar-refractivity contribution in [2.75, 3.05) is 11.5 Å². The fourth-order valence-electron chi connectivity index (χ4n) is 3.71. The van der Waals surface area contributed by atoms with Gasteiger partial charge in [-0.3, -0.25) is 19.5 Å². The largest absolute Gasteiger partial charge is 0.507 e. The lowest BCUT2D eigenvalue weighted by Crippen LogP contribution is -2.29. The Morgan fingerprint density at radius 3 is 2.42 bits per heavy atom. The van der Waals surface area contributed by atoms with Gasteiger partial charge in [0, 0.05) is 28.1 Å². The Kier molecular flexibility index (Phi) is 6.60. The van der Waals surface area contributed by atoms with Crippen LogP contribution in [0.15, 0.2) is 83.1 Å². The SMILES string of the molecule is CC(C)COc1ccc(/C(O)=C2\C(=O)C(=O)N(c3cccc(Br)c3)C2c2ccncc2)cc1. The van der Waals surface area contributed by atoms with Gasteiger partial charge in [-0.25, -0.2) is 0 Å². The maximum absolute atomic E-state index is 13.2. The van der Waals surface area contributed by atoms with E-state index in [1.807, 2.05) is 6.07 Å². The number of Topliss-reactive ketones (excluding diaryl/α,β-unsaturated/α-hetero) is 1. The number of rotatable bonds is 6. The Hall–Kier alpha value is -3.45. The number of aromatic nitrogens is 1. The first-order valence-corrected chi connectivity index (χ1v) is 11.4. The molecule has 1 fully saturated rings. The van der Waals surface area contributed by atoms with E-state index in [0.29, 0.717) is 35.1 Å². The molecule has 0 saturated carbocycles. The van der Waals surface area contributed by atoms with Gasteiger partial charge in [-0.1, -0.05) is 35.8 Å². The molecule has 1 N–H and O–H groups in total. The number of carbonyl (C=O) groups excluding carboxylic acids is 2. The Morgan fingerprint density at radius 2 is 1.79 bits per heavy atom. The first-order chi connectivity index (χ1) is 15.9. The van der Waals surface area contributed by atoms with Crippen molar-refractivity contribution in [3.63, 3.8) is 0 Å². The van der Waals surface area contributed by atoms with Crippen LogP contribution in [0, 0.1) is 5.92 Å². The molecule has 2 aromatic carbocycles. The number of benzene rings is 2. The molecule has 0 bridgehead atoms. The highest BCUT2D eigenvalue weighted by atomic mass is 79.9. The fourth-order valence-corrected chi connectivity index (χ4v) is 4.10. The molecule has 1 unspecified atom stereocenters. The summed E-state index contributed by atoms with van der Waals surface area (Å²) in [5.74, 6) is -0.626. The van der Waals surface area contributed by atoms with Crippen molar-refractivity contribution in [3.8, 4) is 5.75 Å². The van der Waals surface area contributed by atoms with Crippen molar-refractivity contribution in [1.82, 2.24) is 4.98 Å². The van der Waals surface area contributed by atoms with Crippen molar-refractivity contribution < 1.29 is 19.4 Å². The summed E-state index contributed by atoms with van der Waals surface area (Å²) < 4.78 is 6.47. The van der Waals surface area contributed by atoms with Crippen LogP contribution in [-0.4, -0.2) is 28.4 Å². The van der Waals surface area contributed by atoms with Gasteiger partial charge in [0.25, 0.3) is 11.7 Å². The average molecular weight is 507 g/mol. The summed E-state index contributed by atoms with van der Waals surface area (Å²) in [5.41, 5.74) is 1.67. The van der Waals surface area contributed by atoms with E-state index in [0.717, 1.165) is 4.47 Å². The van der Waals surface area contributed by atoms with Gasteiger partial charge in [0.05, 0.1) is 18.2 Å². The summed E-state index contributed by atoms with van der Waals surface area (Å²) in [6.07, 6.45) is 3.19. The van der Waals surface area contributed by atoms with Crippen LogP contribution in [0.1, 0.15) is 31.0 Å². The summed E-state index contributed by atoms with van der Waals surface area (Å²) in [7, 11) is 0. The zero-order valence-electron chi connectivity index (χ0n) is 18.2. The Bertz CT molecular complexity index is 1210. The van der Waals surface area contributed by atoms with Crippen molar-refractivity contribution in [2.24, 2.45) is 5.92 Å². The minimum absolute atomic E-state index is 0.0297. The van der Waals surface area contributed by atoms with E-state index in [9.17, 15) is 14.7 Å². The quantitative estimate of drug-likeness (QED) is 0.271. The Labute approximate surface area is 200 Å². The van der Waals surface area contributed by atoms with Crippen molar-refractivity contribution >= 4 is 39.1 Å². The van der Waals surface area contributed by atoms with E-state index in [1.54, 1.807) is 67.0 Å². The molecule has 3 aromatic rings. The van der Waals surface area contributed by atoms with Gasteiger partial charge in [0.1, 0.15) is 11.5 Å². The lowest BCUT2D eigenvalue weighted by Gasteiger charge is -2.25. The van der Waals surface area contributed by atoms with E-state index in [4.69, 9.17) is 4.74 Å². The Morgan fingerprint density at radius 1 is 1.09 bits per heavy atom. The van der Waals surface area contributed by atoms with E-state index >= 15 is 0 Å². The lowest BCUT2D eigenvalue weighted by atomic mass is 9.95. The molecule has 0 radical (unpaired) electrons. The van der Waals surface area contributed by atoms with Gasteiger partial charge >= 0.3 is 0 Å². The first-order valence-electron chi connectivity index (χ1n) is 10.6. The van der Waals surface area contributed by atoms with Crippen LogP contribution in [0.4, 0.5) is 5.69 Å². The standard InChI is InChI=1S/C26H23BrN2O4/c1-16(2)15-33-21-8-6-18(7-9-21)24(30)22-23(17-10-12-28-13-11-17)29(26(32)25(22)31)20-5-3-4-19(27)14-20/h3-14,16,23,30H,15H2,1-2H3/b24-22+. The van der Waals surface area contributed by atoms with Crippen LogP contribution in [0.25, 0.3) is 5.76 Å². The van der Waals surface area contributed by atoms with Crippen LogP contribution in [0.2, 0.25) is 0 Å². The average Bonchev–Trinajstić information content (AvgIpc) is 3.08. The predicted molar refractivity (Wildman–Crippen MR) is 130 cm³/mol. The van der Waals surface area contributed by atoms with Crippen LogP contribution in [0.5, 0.6) is 5.75 Å². The highest BCUT2D eigenvalue weighted by Gasteiger charge is 2.47. The number of carbonyl (C=O) groups is 2. The number of amides is 1. The molecular formula is C26H23BrN2O4. The molecule has 0 aliphatic carbocycles. The molecule has 1 atom stereocenters. The van der Waals surface area contributed by atoms with Crippen molar-refractivity contribution in [1.29, 1.82) is 0 Å². The van der Waals surface area contributed by atoms with Gasteiger partial charge < -0.3 is 9.84 Å². The minimum Gasteiger partial charge on any atom is -0.507 e. The number of ether oxygens (including phenoxy) is 1. The number of nitrogens with zero attached hydrogens (tertiary/aromatic N) is 2. The Balaban J connectivity index is 1.80. The molecule has 168 valence electrons. The topological polar surface area (TPSA) is 79.7 Å². The predicted octanol–water partition coefficient (Wildman–Crippen LogP) is 5.51. The molecular weight excluding hydrogens is 484 g/mol. The van der Waals surface area contributed by atoms with Crippen LogP contribution >= 0.6 is 15.9 Å². The number of aliphatic hydroxyl groups is 1. The molecule has 2 heterocycles. The van der Waals surface area contributed by atoms with E-state index in [2.05, 4.69) is 34.8 Å². The third-order valence-electron chi connectivity index (χ3n) is 5.26. The third kappa shape index (κ3) is 4.68. The summed E-state index contributed by atoms with van der Waals surface area (Å²) >= 11 is 3.42. The molecule has 6 nitrogen and oxygen atoms in total. The maximum Gasteiger partial charge on any atom is 0.300 e. The van der Waals surface area contributed by atoms with Crippen LogP contribution < -0.4 is 9.64 Å². The number of anilines is 1. The van der Waals surface area contributed by atoms with E-state index < -0.39 is 17.7 Å². The van der Waals surface area contributed by atoms with Gasteiger partial charge in [-0.15, -0.1) is 0 Å². The highest BCUT2D eigenvalue weighted by Crippen LogP contribution is 2.42. The number of hydrogen-bond acceptors (Lipinski definition) is 5. The van der Waals surface area contributed by atoms with E-state index in [1.165, 1.54) is 4.90 Å². The van der Waals surface area contributed by atoms with E-state index in [-0.39, 0.29) is 11.3 Å². The highest BCUT2D eigenvalue weighted by molar-refractivity contribution is 9.10. The first kappa shape index (κ1) is 22.7. The maximum atomic E-state index is 13.2. The lowest BCUT2D eigenvalue weighted by molar-refractivity contribution is -0.132. The second-order valence-electron chi connectivity index (χ2n) is 8.16. The normalized spacial score (nSPS) is 17.6. The smallest absolute Gasteiger partial charge is 0.300 e. The number of pyridine rings is 1. The number of halogens is 1. The zero-order valence-corrected chi connectivity index (χ0v) is 19.8. The van der Waals surface area contributed by atoms with Crippen molar-refractivity contribution in [2.45, 2.75) is 19.9 Å². The molecule has 1 saturated heterocycles. The second kappa shape index (κ2) is 9.58. The second-order valence-corrected chi connectivity index (χ2v) is 9.07. The van der Waals surface area contributed by atoms with Gasteiger partial charge in [-0.05, 0) is 66.1 Å². The molecule has 1 aliphatic heterocycles. The number of aliphatic hydroxyl groups excluding tert-OH is 1.